The second-order valence-electron chi connectivity index (χ2n) is 20.4. The number of aliphatic hydroxyl groups is 2. The van der Waals surface area contributed by atoms with Crippen molar-refractivity contribution in [1.29, 1.82) is 0 Å². The van der Waals surface area contributed by atoms with Crippen LogP contribution in [-0.2, 0) is 43.0 Å². The summed E-state index contributed by atoms with van der Waals surface area (Å²) in [4.78, 5) is 116. The largest absolute Gasteiger partial charge is 0.458 e. The molecule has 0 spiro atoms. The van der Waals surface area contributed by atoms with Crippen LogP contribution < -0.4 is 10.7 Å². The Kier molecular flexibility index (Phi) is 16.9. The number of hydrazine groups is 2. The van der Waals surface area contributed by atoms with E-state index in [9.17, 15) is 54.3 Å². The Hall–Kier alpha value is -4.39. The first-order chi connectivity index (χ1) is 31.3. The molecular weight excluding hydrogens is 879 g/mol. The minimum Gasteiger partial charge on any atom is -0.458 e. The molecule has 67 heavy (non-hydrogen) atoms. The number of nitrogens with one attached hydrogen (secondary N) is 2. The number of rotatable bonds is 9. The minimum absolute atomic E-state index is 0.0138. The molecular formula is C44H73N9O14. The molecule has 11 atom stereocenters. The lowest BCUT2D eigenvalue weighted by atomic mass is 9.77. The normalized spacial score (nSPS) is 34.6. The molecule has 5 fully saturated rings. The number of nitroso groups, excluding NO2 is 1. The SMILES string of the molecule is CCC1OC(O)(C(C)(N=O)C(=O)NC2C(=O)N3NCCCC3C(=O)N(O)CC(=O)N3C(CCCN3C)C(=O)N3CCC(C)(O)C3C(=O)N(O)C(C(C)C)C(=O)OC2C(C)C)CCC1CC(C)C. The van der Waals surface area contributed by atoms with Crippen molar-refractivity contribution in [3.8, 4) is 0 Å². The molecule has 0 bridgehead atoms. The van der Waals surface area contributed by atoms with Gasteiger partial charge >= 0.3 is 5.97 Å². The summed E-state index contributed by atoms with van der Waals surface area (Å²) in [7, 11) is 1.52. The van der Waals surface area contributed by atoms with Crippen LogP contribution in [0.1, 0.15) is 120 Å². The first-order valence-corrected chi connectivity index (χ1v) is 23.7. The van der Waals surface area contributed by atoms with Gasteiger partial charge in [-0.1, -0.05) is 48.5 Å². The molecule has 5 aliphatic heterocycles. The number of amides is 6. The van der Waals surface area contributed by atoms with E-state index in [1.807, 2.05) is 20.8 Å². The van der Waals surface area contributed by atoms with E-state index < -0.39 is 119 Å². The Morgan fingerprint density at radius 3 is 2.16 bits per heavy atom. The van der Waals surface area contributed by atoms with Crippen LogP contribution in [-0.4, -0.2) is 185 Å². The van der Waals surface area contributed by atoms with E-state index in [0.717, 1.165) is 28.3 Å². The summed E-state index contributed by atoms with van der Waals surface area (Å²) in [6, 6.07) is -8.43. The van der Waals surface area contributed by atoms with Gasteiger partial charge in [0.25, 0.3) is 29.5 Å². The van der Waals surface area contributed by atoms with E-state index in [4.69, 9.17) is 9.47 Å². The maximum absolute atomic E-state index is 15.1. The molecule has 23 nitrogen and oxygen atoms in total. The molecule has 0 saturated carbocycles. The lowest BCUT2D eigenvalue weighted by Gasteiger charge is -2.47. The fourth-order valence-electron chi connectivity index (χ4n) is 10.3. The molecule has 5 rings (SSSR count). The number of ether oxygens (including phenoxy) is 2. The predicted molar refractivity (Wildman–Crippen MR) is 235 cm³/mol. The van der Waals surface area contributed by atoms with E-state index in [-0.39, 0.29) is 73.7 Å². The van der Waals surface area contributed by atoms with Gasteiger partial charge in [0.1, 0.15) is 36.8 Å². The average Bonchev–Trinajstić information content (AvgIpc) is 3.59. The third-order valence-corrected chi connectivity index (χ3v) is 14.2. The number of cyclic esters (lactones) is 1. The highest BCUT2D eigenvalue weighted by Gasteiger charge is 2.61. The standard InChI is InChI=1S/C44H73N9O14/c1-11-30-27(22-24(2)3)16-17-44(62,67-30)43(9,47-63)41(60)46-32-34(26(6)7)66-40(59)33(25(4)5)53(65)39(58)35-42(8,61)18-21-49(35)36(55)29-15-13-20-48(10)52(29)31(54)23-50(64)37(56)28-14-12-19-45-51(28)38(32)57/h24-30,32-35,45,61-62,64-65H,11-23H2,1-10H3,(H,46,60). The van der Waals surface area contributed by atoms with Gasteiger partial charge in [-0.15, -0.1) is 4.91 Å². The number of nitrogens with zero attached hydrogens (tertiary/aromatic N) is 7. The highest BCUT2D eigenvalue weighted by molar-refractivity contribution is 5.97. The fourth-order valence-corrected chi connectivity index (χ4v) is 10.3. The van der Waals surface area contributed by atoms with Crippen LogP contribution in [0.3, 0.4) is 0 Å². The summed E-state index contributed by atoms with van der Waals surface area (Å²) in [5, 5.41) is 55.9. The van der Waals surface area contributed by atoms with Crippen molar-refractivity contribution >= 4 is 41.4 Å². The van der Waals surface area contributed by atoms with E-state index in [2.05, 4.69) is 15.9 Å². The zero-order valence-corrected chi connectivity index (χ0v) is 40.5. The molecule has 0 aromatic heterocycles. The topological polar surface area (TPSA) is 292 Å². The van der Waals surface area contributed by atoms with Gasteiger partial charge in [-0.05, 0) is 94.1 Å². The number of hydrogen-bond donors (Lipinski definition) is 6. The first kappa shape index (κ1) is 53.6. The average molecular weight is 952 g/mol. The molecule has 11 unspecified atom stereocenters. The van der Waals surface area contributed by atoms with Crippen LogP contribution in [0.5, 0.6) is 0 Å². The zero-order valence-electron chi connectivity index (χ0n) is 40.5. The number of hydrogen-bond acceptors (Lipinski definition) is 17. The summed E-state index contributed by atoms with van der Waals surface area (Å²) in [6.07, 6.45) is -0.331. The van der Waals surface area contributed by atoms with Crippen molar-refractivity contribution in [2.75, 3.05) is 33.2 Å². The molecule has 5 saturated heterocycles. The van der Waals surface area contributed by atoms with E-state index >= 15 is 4.79 Å². The second-order valence-corrected chi connectivity index (χ2v) is 20.4. The van der Waals surface area contributed by atoms with Gasteiger partial charge in [-0.3, -0.25) is 49.2 Å². The molecule has 0 aliphatic carbocycles. The van der Waals surface area contributed by atoms with Gasteiger partial charge in [-0.25, -0.2) is 25.4 Å². The molecule has 0 radical (unpaired) electrons. The molecule has 378 valence electrons. The summed E-state index contributed by atoms with van der Waals surface area (Å²) in [5.74, 6) is -11.8. The van der Waals surface area contributed by atoms with Gasteiger partial charge in [-0.2, -0.15) is 0 Å². The van der Waals surface area contributed by atoms with Crippen molar-refractivity contribution in [1.82, 2.24) is 40.8 Å². The maximum Gasteiger partial charge on any atom is 0.332 e. The summed E-state index contributed by atoms with van der Waals surface area (Å²) in [5.41, 5.74) is -1.74. The van der Waals surface area contributed by atoms with Crippen molar-refractivity contribution in [3.63, 3.8) is 0 Å². The Bertz CT molecular complexity index is 1890. The highest BCUT2D eigenvalue weighted by Crippen LogP contribution is 2.43. The number of carbonyl (C=O) groups excluding carboxylic acids is 7. The van der Waals surface area contributed by atoms with Crippen molar-refractivity contribution in [2.24, 2.45) is 28.8 Å². The van der Waals surface area contributed by atoms with Crippen LogP contribution in [0.25, 0.3) is 0 Å². The quantitative estimate of drug-likeness (QED) is 0.105. The van der Waals surface area contributed by atoms with Crippen molar-refractivity contribution in [2.45, 2.75) is 179 Å². The third kappa shape index (κ3) is 10.6. The van der Waals surface area contributed by atoms with E-state index in [0.29, 0.717) is 19.3 Å². The minimum atomic E-state index is -2.62. The number of carbonyl (C=O) groups is 7. The van der Waals surface area contributed by atoms with Crippen LogP contribution in [0.15, 0.2) is 5.18 Å². The van der Waals surface area contributed by atoms with Gasteiger partial charge in [0.15, 0.2) is 6.04 Å². The van der Waals surface area contributed by atoms with E-state index in [1.54, 1.807) is 0 Å². The number of esters is 1. The monoisotopic (exact) mass is 952 g/mol. The summed E-state index contributed by atoms with van der Waals surface area (Å²) < 4.78 is 12.2. The summed E-state index contributed by atoms with van der Waals surface area (Å²) >= 11 is 0. The molecule has 23 heteroatoms. The Morgan fingerprint density at radius 1 is 0.910 bits per heavy atom. The summed E-state index contributed by atoms with van der Waals surface area (Å²) in [6.45, 7) is 13.5. The van der Waals surface area contributed by atoms with Gasteiger partial charge in [0, 0.05) is 33.1 Å². The van der Waals surface area contributed by atoms with Crippen molar-refractivity contribution in [3.05, 3.63) is 4.91 Å². The number of fused-ring (bicyclic) bond motifs is 3. The lowest BCUT2D eigenvalue weighted by Crippen LogP contribution is -2.70. The first-order valence-electron chi connectivity index (χ1n) is 23.7. The predicted octanol–water partition coefficient (Wildman–Crippen LogP) is 0.663. The Balaban J connectivity index is 1.63. The van der Waals surface area contributed by atoms with Crippen LogP contribution in [0.4, 0.5) is 0 Å². The highest BCUT2D eigenvalue weighted by atomic mass is 16.6. The van der Waals surface area contributed by atoms with Crippen LogP contribution >= 0.6 is 0 Å². The van der Waals surface area contributed by atoms with Crippen molar-refractivity contribution < 1.29 is 63.7 Å². The lowest BCUT2D eigenvalue weighted by molar-refractivity contribution is -0.293. The molecule has 6 N–H and O–H groups in total. The second kappa shape index (κ2) is 21.1. The molecule has 5 heterocycles. The molecule has 0 aromatic rings. The van der Waals surface area contributed by atoms with Gasteiger partial charge in [0.2, 0.25) is 17.2 Å². The zero-order chi connectivity index (χ0) is 50.1. The van der Waals surface area contributed by atoms with Gasteiger partial charge < -0.3 is 29.9 Å². The Labute approximate surface area is 391 Å². The molecule has 6 amide bonds. The van der Waals surface area contributed by atoms with Gasteiger partial charge in [0.05, 0.1) is 11.7 Å². The molecule has 0 aromatic carbocycles. The van der Waals surface area contributed by atoms with Crippen LogP contribution in [0.2, 0.25) is 0 Å². The van der Waals surface area contributed by atoms with Crippen LogP contribution in [0, 0.1) is 28.6 Å². The Morgan fingerprint density at radius 2 is 1.57 bits per heavy atom. The third-order valence-electron chi connectivity index (χ3n) is 14.2. The fraction of sp³-hybridized carbons (Fsp3) is 0.841. The number of hydroxylamine groups is 4. The molecule has 5 aliphatic rings. The smallest absolute Gasteiger partial charge is 0.332 e. The maximum atomic E-state index is 15.1. The van der Waals surface area contributed by atoms with E-state index in [1.165, 1.54) is 46.7 Å².